The van der Waals surface area contributed by atoms with Crippen LogP contribution in [0.15, 0.2) is 60.7 Å². The van der Waals surface area contributed by atoms with Crippen LogP contribution in [0.3, 0.4) is 0 Å². The van der Waals surface area contributed by atoms with Gasteiger partial charge in [0.1, 0.15) is 0 Å². The van der Waals surface area contributed by atoms with Gasteiger partial charge in [0, 0.05) is 33.4 Å². The summed E-state index contributed by atoms with van der Waals surface area (Å²) < 4.78 is 0. The number of hydrogen-bond donors (Lipinski definition) is 0. The molecule has 4 rings (SSSR count). The van der Waals surface area contributed by atoms with Crippen LogP contribution < -0.4 is 0 Å². The lowest BCUT2D eigenvalue weighted by atomic mass is 9.82. The predicted molar refractivity (Wildman–Crippen MR) is 99.1 cm³/mol. The van der Waals surface area contributed by atoms with Crippen LogP contribution in [0.2, 0.25) is 0 Å². The summed E-state index contributed by atoms with van der Waals surface area (Å²) >= 11 is 0. The molecule has 3 aromatic carbocycles. The summed E-state index contributed by atoms with van der Waals surface area (Å²) in [4.78, 5) is 38.4. The highest BCUT2D eigenvalue weighted by atomic mass is 16.1. The highest BCUT2D eigenvalue weighted by Gasteiger charge is 2.30. The Morgan fingerprint density at radius 1 is 0.692 bits per heavy atom. The minimum Gasteiger partial charge on any atom is -0.289 e. The van der Waals surface area contributed by atoms with Crippen LogP contribution in [0.5, 0.6) is 0 Å². The molecule has 1 aliphatic rings. The maximum atomic E-state index is 12.9. The van der Waals surface area contributed by atoms with Gasteiger partial charge in [-0.1, -0.05) is 48.5 Å². The molecule has 0 aromatic heterocycles. The van der Waals surface area contributed by atoms with Gasteiger partial charge >= 0.3 is 0 Å². The smallest absolute Gasteiger partial charge is 0.194 e. The highest BCUT2D eigenvalue weighted by Crippen LogP contribution is 2.29. The minimum atomic E-state index is -0.217. The van der Waals surface area contributed by atoms with Gasteiger partial charge < -0.3 is 0 Å². The Morgan fingerprint density at radius 2 is 1.31 bits per heavy atom. The summed E-state index contributed by atoms with van der Waals surface area (Å²) in [6.07, 6.45) is 0. The minimum absolute atomic E-state index is 0.145. The van der Waals surface area contributed by atoms with E-state index in [1.54, 1.807) is 48.5 Å². The van der Waals surface area contributed by atoms with Crippen molar-refractivity contribution in [1.29, 1.82) is 0 Å². The Labute approximate surface area is 151 Å². The van der Waals surface area contributed by atoms with Crippen LogP contribution in [-0.2, 0) is 0 Å². The molecular formula is C23H16O3. The van der Waals surface area contributed by atoms with E-state index in [2.05, 4.69) is 0 Å². The lowest BCUT2D eigenvalue weighted by Gasteiger charge is -2.18. The fourth-order valence-corrected chi connectivity index (χ4v) is 3.39. The Bertz CT molecular complexity index is 1110. The average molecular weight is 340 g/mol. The van der Waals surface area contributed by atoms with E-state index < -0.39 is 0 Å². The second-order valence-electron chi connectivity index (χ2n) is 6.54. The van der Waals surface area contributed by atoms with Gasteiger partial charge in [-0.25, -0.2) is 0 Å². The number of rotatable bonds is 2. The standard InChI is InChI=1S/C23H16O3/c1-13-6-5-9-16(14(13)2)21(24)15-10-11-19-20(12-15)23(26)18-8-4-3-7-17(18)22(19)25/h3-12H,1-2H3. The van der Waals surface area contributed by atoms with Crippen LogP contribution in [0.1, 0.15) is 58.9 Å². The number of aryl methyl sites for hydroxylation is 1. The molecule has 0 heterocycles. The first kappa shape index (κ1) is 16.2. The van der Waals surface area contributed by atoms with Gasteiger partial charge in [-0.05, 0) is 37.1 Å². The first-order valence-electron chi connectivity index (χ1n) is 8.42. The number of hydrogen-bond acceptors (Lipinski definition) is 3. The lowest BCUT2D eigenvalue weighted by Crippen LogP contribution is -2.21. The molecule has 126 valence electrons. The third-order valence-electron chi connectivity index (χ3n) is 5.04. The van der Waals surface area contributed by atoms with Gasteiger partial charge in [0.2, 0.25) is 0 Å². The normalized spacial score (nSPS) is 12.5. The Balaban J connectivity index is 1.83. The van der Waals surface area contributed by atoms with E-state index in [4.69, 9.17) is 0 Å². The molecule has 0 saturated heterocycles. The quantitative estimate of drug-likeness (QED) is 0.511. The van der Waals surface area contributed by atoms with Gasteiger partial charge in [-0.3, -0.25) is 14.4 Å². The summed E-state index contributed by atoms with van der Waals surface area (Å²) in [6, 6.07) is 17.1. The zero-order valence-electron chi connectivity index (χ0n) is 14.5. The summed E-state index contributed by atoms with van der Waals surface area (Å²) in [5.41, 5.74) is 4.44. The van der Waals surface area contributed by atoms with Crippen LogP contribution in [0.25, 0.3) is 0 Å². The second kappa shape index (κ2) is 5.88. The SMILES string of the molecule is Cc1cccc(C(=O)c2ccc3c(c2)C(=O)c2ccccc2C3=O)c1C. The molecule has 3 aromatic rings. The molecular weight excluding hydrogens is 324 g/mol. The van der Waals surface area contributed by atoms with Crippen LogP contribution in [0, 0.1) is 13.8 Å². The molecule has 1 aliphatic carbocycles. The van der Waals surface area contributed by atoms with Crippen molar-refractivity contribution in [2.24, 2.45) is 0 Å². The molecule has 0 spiro atoms. The van der Waals surface area contributed by atoms with Crippen molar-refractivity contribution >= 4 is 17.3 Å². The summed E-state index contributed by atoms with van der Waals surface area (Å²) in [5.74, 6) is -0.542. The van der Waals surface area contributed by atoms with Crippen molar-refractivity contribution in [3.63, 3.8) is 0 Å². The monoisotopic (exact) mass is 340 g/mol. The summed E-state index contributed by atoms with van der Waals surface area (Å²) in [7, 11) is 0. The summed E-state index contributed by atoms with van der Waals surface area (Å²) in [6.45, 7) is 3.87. The van der Waals surface area contributed by atoms with Crippen molar-refractivity contribution in [2.45, 2.75) is 13.8 Å². The number of carbonyl (C=O) groups is 3. The second-order valence-corrected chi connectivity index (χ2v) is 6.54. The third kappa shape index (κ3) is 2.32. The fraction of sp³-hybridized carbons (Fsp3) is 0.0870. The molecule has 26 heavy (non-hydrogen) atoms. The number of benzene rings is 3. The predicted octanol–water partition coefficient (Wildman–Crippen LogP) is 4.31. The first-order chi connectivity index (χ1) is 12.5. The zero-order valence-corrected chi connectivity index (χ0v) is 14.5. The Hall–Kier alpha value is -3.33. The number of fused-ring (bicyclic) bond motifs is 2. The maximum absolute atomic E-state index is 12.9. The van der Waals surface area contributed by atoms with Crippen LogP contribution >= 0.6 is 0 Å². The molecule has 0 amide bonds. The molecule has 0 radical (unpaired) electrons. The van der Waals surface area contributed by atoms with E-state index in [0.717, 1.165) is 11.1 Å². The van der Waals surface area contributed by atoms with E-state index in [-0.39, 0.29) is 17.3 Å². The topological polar surface area (TPSA) is 51.2 Å². The fourth-order valence-electron chi connectivity index (χ4n) is 3.39. The van der Waals surface area contributed by atoms with Crippen LogP contribution in [-0.4, -0.2) is 17.3 Å². The average Bonchev–Trinajstić information content (AvgIpc) is 2.67. The van der Waals surface area contributed by atoms with E-state index in [0.29, 0.717) is 33.4 Å². The van der Waals surface area contributed by atoms with E-state index >= 15 is 0 Å². The van der Waals surface area contributed by atoms with E-state index in [9.17, 15) is 14.4 Å². The van der Waals surface area contributed by atoms with Crippen molar-refractivity contribution < 1.29 is 14.4 Å². The van der Waals surface area contributed by atoms with Crippen LogP contribution in [0.4, 0.5) is 0 Å². The Morgan fingerprint density at radius 3 is 2.00 bits per heavy atom. The zero-order chi connectivity index (χ0) is 18.4. The van der Waals surface area contributed by atoms with Crippen molar-refractivity contribution in [2.75, 3.05) is 0 Å². The molecule has 0 atom stereocenters. The largest absolute Gasteiger partial charge is 0.289 e. The van der Waals surface area contributed by atoms with Gasteiger partial charge in [0.25, 0.3) is 0 Å². The molecule has 3 heteroatoms. The highest BCUT2D eigenvalue weighted by molar-refractivity contribution is 6.29. The molecule has 3 nitrogen and oxygen atoms in total. The maximum Gasteiger partial charge on any atom is 0.194 e. The van der Waals surface area contributed by atoms with Gasteiger partial charge in [0.15, 0.2) is 17.3 Å². The lowest BCUT2D eigenvalue weighted by molar-refractivity contribution is 0.0978. The third-order valence-corrected chi connectivity index (χ3v) is 5.04. The van der Waals surface area contributed by atoms with E-state index in [1.807, 2.05) is 26.0 Å². The molecule has 0 saturated carbocycles. The molecule has 0 unspecified atom stereocenters. The first-order valence-corrected chi connectivity index (χ1v) is 8.42. The van der Waals surface area contributed by atoms with Crippen molar-refractivity contribution in [3.05, 3.63) is 105 Å². The van der Waals surface area contributed by atoms with Crippen molar-refractivity contribution in [3.8, 4) is 0 Å². The van der Waals surface area contributed by atoms with Gasteiger partial charge in [0.05, 0.1) is 0 Å². The van der Waals surface area contributed by atoms with E-state index in [1.165, 1.54) is 0 Å². The molecule has 0 bridgehead atoms. The molecule has 0 N–H and O–H groups in total. The number of carbonyl (C=O) groups excluding carboxylic acids is 3. The summed E-state index contributed by atoms with van der Waals surface area (Å²) in [5, 5.41) is 0. The van der Waals surface area contributed by atoms with Crippen molar-refractivity contribution in [1.82, 2.24) is 0 Å². The van der Waals surface area contributed by atoms with Gasteiger partial charge in [-0.2, -0.15) is 0 Å². The molecule has 0 fully saturated rings. The van der Waals surface area contributed by atoms with Gasteiger partial charge in [-0.15, -0.1) is 0 Å². The molecule has 0 aliphatic heterocycles. The number of ketones is 3. The Kier molecular flexibility index (Phi) is 3.66.